The van der Waals surface area contributed by atoms with Crippen molar-refractivity contribution in [2.45, 2.75) is 78.2 Å². The van der Waals surface area contributed by atoms with Gasteiger partial charge in [-0.05, 0) is 69.1 Å². The van der Waals surface area contributed by atoms with E-state index in [1.807, 2.05) is 13.8 Å². The summed E-state index contributed by atoms with van der Waals surface area (Å²) >= 11 is 0. The molecular weight excluding hydrogens is 288 g/mol. The lowest BCUT2D eigenvalue weighted by Gasteiger charge is -2.58. The van der Waals surface area contributed by atoms with E-state index < -0.39 is 17.0 Å². The maximum atomic E-state index is 12.0. The summed E-state index contributed by atoms with van der Waals surface area (Å²) in [6.45, 7) is 12.1. The van der Waals surface area contributed by atoms with E-state index in [9.17, 15) is 15.0 Å². The quantitative estimate of drug-likeness (QED) is 0.725. The zero-order valence-corrected chi connectivity index (χ0v) is 15.3. The zero-order valence-electron chi connectivity index (χ0n) is 15.3. The number of aliphatic carboxylic acids is 1. The van der Waals surface area contributed by atoms with Crippen LogP contribution in [0.5, 0.6) is 0 Å². The Morgan fingerprint density at radius 3 is 2.57 bits per heavy atom. The fourth-order valence-electron chi connectivity index (χ4n) is 5.71. The van der Waals surface area contributed by atoms with Crippen LogP contribution in [-0.2, 0) is 4.79 Å². The monoisotopic (exact) mass is 322 g/mol. The van der Waals surface area contributed by atoms with Gasteiger partial charge in [-0.15, -0.1) is 6.58 Å². The topological polar surface area (TPSA) is 57.5 Å². The van der Waals surface area contributed by atoms with E-state index in [0.29, 0.717) is 18.3 Å². The summed E-state index contributed by atoms with van der Waals surface area (Å²) in [5.74, 6) is 0.690. The molecule has 2 aliphatic carbocycles. The number of carbonyl (C=O) groups is 1. The van der Waals surface area contributed by atoms with Crippen LogP contribution >= 0.6 is 0 Å². The van der Waals surface area contributed by atoms with E-state index in [0.717, 1.165) is 38.5 Å². The van der Waals surface area contributed by atoms with Crippen LogP contribution in [0.3, 0.4) is 0 Å². The Kier molecular flexibility index (Phi) is 5.02. The third kappa shape index (κ3) is 3.22. The Labute approximate surface area is 141 Å². The molecule has 2 N–H and O–H groups in total. The highest BCUT2D eigenvalue weighted by Crippen LogP contribution is 2.62. The molecule has 132 valence electrons. The summed E-state index contributed by atoms with van der Waals surface area (Å²) in [7, 11) is 0. The van der Waals surface area contributed by atoms with Gasteiger partial charge in [0, 0.05) is 0 Å². The first-order chi connectivity index (χ1) is 10.6. The van der Waals surface area contributed by atoms with Crippen molar-refractivity contribution in [2.75, 3.05) is 0 Å². The van der Waals surface area contributed by atoms with Crippen molar-refractivity contribution in [1.29, 1.82) is 0 Å². The molecule has 0 aliphatic heterocycles. The average molecular weight is 322 g/mol. The third-order valence-corrected chi connectivity index (χ3v) is 7.31. The second-order valence-corrected chi connectivity index (χ2v) is 8.90. The fourth-order valence-corrected chi connectivity index (χ4v) is 5.71. The molecule has 6 atom stereocenters. The second kappa shape index (κ2) is 6.23. The van der Waals surface area contributed by atoms with Gasteiger partial charge in [-0.3, -0.25) is 4.79 Å². The molecule has 0 aromatic carbocycles. The van der Waals surface area contributed by atoms with Crippen LogP contribution in [0.4, 0.5) is 0 Å². The van der Waals surface area contributed by atoms with Crippen molar-refractivity contribution in [2.24, 2.45) is 28.6 Å². The van der Waals surface area contributed by atoms with Gasteiger partial charge in [-0.25, -0.2) is 0 Å². The Balaban J connectivity index is 2.28. The molecule has 0 unspecified atom stereocenters. The van der Waals surface area contributed by atoms with Gasteiger partial charge in [0.2, 0.25) is 0 Å². The Morgan fingerprint density at radius 1 is 1.35 bits per heavy atom. The lowest BCUT2D eigenvalue weighted by atomic mass is 9.45. The molecule has 0 radical (unpaired) electrons. The van der Waals surface area contributed by atoms with Crippen LogP contribution in [0, 0.1) is 28.6 Å². The first-order valence-electron chi connectivity index (χ1n) is 9.16. The summed E-state index contributed by atoms with van der Waals surface area (Å²) in [5, 5.41) is 20.1. The van der Waals surface area contributed by atoms with Crippen LogP contribution in [0.25, 0.3) is 0 Å². The largest absolute Gasteiger partial charge is 0.481 e. The minimum atomic E-state index is -0.826. The number of hydrogen-bond donors (Lipinski definition) is 2. The lowest BCUT2D eigenvalue weighted by molar-refractivity contribution is -0.170. The average Bonchev–Trinajstić information content (AvgIpc) is 2.46. The molecule has 0 aromatic rings. The number of rotatable bonds is 5. The summed E-state index contributed by atoms with van der Waals surface area (Å²) in [4.78, 5) is 12.0. The van der Waals surface area contributed by atoms with Crippen LogP contribution < -0.4 is 0 Å². The number of fused-ring (bicyclic) bond motifs is 1. The van der Waals surface area contributed by atoms with Gasteiger partial charge in [0.05, 0.1) is 11.0 Å². The van der Waals surface area contributed by atoms with Crippen LogP contribution in [0.15, 0.2) is 12.7 Å². The predicted molar refractivity (Wildman–Crippen MR) is 93.1 cm³/mol. The van der Waals surface area contributed by atoms with E-state index in [4.69, 9.17) is 0 Å². The second-order valence-electron chi connectivity index (χ2n) is 8.90. The number of aliphatic hydroxyl groups is 1. The van der Waals surface area contributed by atoms with Crippen LogP contribution in [0.2, 0.25) is 0 Å². The Hall–Kier alpha value is -0.830. The number of hydrogen-bond acceptors (Lipinski definition) is 2. The highest BCUT2D eigenvalue weighted by atomic mass is 16.4. The molecule has 23 heavy (non-hydrogen) atoms. The Bertz CT molecular complexity index is 470. The standard InChI is InChI=1S/C20H34O3/c1-6-18(3,23)13-10-15-14(2)8-9-16-19(15,4)11-7-12-20(16,5)17(21)22/h6,14-16,23H,1,7-13H2,2-5H3,(H,21,22)/t14-,15-,16+,18+,19+,20+/m0/s1. The predicted octanol–water partition coefficient (Wildman–Crippen LogP) is 4.65. The molecule has 0 saturated heterocycles. The van der Waals surface area contributed by atoms with Crippen molar-refractivity contribution in [1.82, 2.24) is 0 Å². The van der Waals surface area contributed by atoms with Crippen molar-refractivity contribution in [3.63, 3.8) is 0 Å². The van der Waals surface area contributed by atoms with E-state index in [-0.39, 0.29) is 11.3 Å². The Morgan fingerprint density at radius 2 is 2.00 bits per heavy atom. The van der Waals surface area contributed by atoms with Gasteiger partial charge >= 0.3 is 5.97 Å². The first-order valence-corrected chi connectivity index (χ1v) is 9.16. The number of carboxylic acids is 1. The third-order valence-electron chi connectivity index (χ3n) is 7.31. The van der Waals surface area contributed by atoms with Crippen molar-refractivity contribution < 1.29 is 15.0 Å². The minimum absolute atomic E-state index is 0.0697. The summed E-state index contributed by atoms with van der Waals surface area (Å²) in [6, 6.07) is 0. The van der Waals surface area contributed by atoms with Crippen molar-refractivity contribution in [3.05, 3.63) is 12.7 Å². The summed E-state index contributed by atoms with van der Waals surface area (Å²) < 4.78 is 0. The fraction of sp³-hybridized carbons (Fsp3) is 0.850. The van der Waals surface area contributed by atoms with E-state index in [2.05, 4.69) is 20.4 Å². The zero-order chi connectivity index (χ0) is 17.5. The van der Waals surface area contributed by atoms with Gasteiger partial charge in [-0.1, -0.05) is 32.8 Å². The van der Waals surface area contributed by atoms with Crippen LogP contribution in [0.1, 0.15) is 72.6 Å². The highest BCUT2D eigenvalue weighted by molar-refractivity contribution is 5.75. The normalized spacial score (nSPS) is 43.3. The van der Waals surface area contributed by atoms with E-state index >= 15 is 0 Å². The lowest BCUT2D eigenvalue weighted by Crippen LogP contribution is -2.54. The smallest absolute Gasteiger partial charge is 0.309 e. The molecule has 0 bridgehead atoms. The summed E-state index contributed by atoms with van der Waals surface area (Å²) in [6.07, 6.45) is 8.32. The van der Waals surface area contributed by atoms with Gasteiger partial charge in [0.15, 0.2) is 0 Å². The molecule has 3 heteroatoms. The van der Waals surface area contributed by atoms with Crippen LogP contribution in [-0.4, -0.2) is 21.8 Å². The molecule has 0 amide bonds. The molecular formula is C20H34O3. The molecule has 3 nitrogen and oxygen atoms in total. The maximum absolute atomic E-state index is 12.0. The van der Waals surface area contributed by atoms with E-state index in [1.165, 1.54) is 0 Å². The molecule has 2 aliphatic rings. The molecule has 0 aromatic heterocycles. The number of carboxylic acid groups (broad SMARTS) is 1. The SMILES string of the molecule is C=C[C@@](C)(O)CC[C@H]1[C@@H](C)CC[C@@H]2[C@]1(C)CCC[C@@]2(C)C(=O)O. The molecule has 2 saturated carbocycles. The first kappa shape index (κ1) is 18.5. The molecule has 0 spiro atoms. The maximum Gasteiger partial charge on any atom is 0.309 e. The van der Waals surface area contributed by atoms with Crippen molar-refractivity contribution in [3.8, 4) is 0 Å². The molecule has 0 heterocycles. The minimum Gasteiger partial charge on any atom is -0.481 e. The summed E-state index contributed by atoms with van der Waals surface area (Å²) in [5.41, 5.74) is -1.35. The van der Waals surface area contributed by atoms with Gasteiger partial charge in [-0.2, -0.15) is 0 Å². The highest BCUT2D eigenvalue weighted by Gasteiger charge is 2.57. The van der Waals surface area contributed by atoms with Gasteiger partial charge < -0.3 is 10.2 Å². The van der Waals surface area contributed by atoms with E-state index in [1.54, 1.807) is 6.08 Å². The van der Waals surface area contributed by atoms with Gasteiger partial charge in [0.1, 0.15) is 0 Å². The molecule has 2 rings (SSSR count). The van der Waals surface area contributed by atoms with Gasteiger partial charge in [0.25, 0.3) is 0 Å². The molecule has 2 fully saturated rings. The van der Waals surface area contributed by atoms with Crippen molar-refractivity contribution >= 4 is 5.97 Å².